The Labute approximate surface area is 199 Å². The van der Waals surface area contributed by atoms with Gasteiger partial charge in [0, 0.05) is 24.1 Å². The second kappa shape index (κ2) is 11.1. The standard InChI is InChI=1S/C28H30F2N2O2/c1-28(2,3)31-27(34)25(17-20-9-5-4-6-10-20)32(19-22-11-7-8-12-24(22)30)26(33)18-21-13-15-23(29)16-14-21/h4-16,25H,17-19H2,1-3H3,(H,31,34)/t25-/m0/s1. The number of carbonyl (C=O) groups excluding carboxylic acids is 2. The molecule has 0 heterocycles. The maximum absolute atomic E-state index is 14.6. The Morgan fingerprint density at radius 3 is 2.09 bits per heavy atom. The van der Waals surface area contributed by atoms with E-state index in [9.17, 15) is 18.4 Å². The van der Waals surface area contributed by atoms with E-state index >= 15 is 0 Å². The summed E-state index contributed by atoms with van der Waals surface area (Å²) in [6, 6.07) is 20.4. The average molecular weight is 465 g/mol. The van der Waals surface area contributed by atoms with E-state index in [1.54, 1.807) is 18.2 Å². The minimum absolute atomic E-state index is 0.0389. The smallest absolute Gasteiger partial charge is 0.243 e. The summed E-state index contributed by atoms with van der Waals surface area (Å²) in [5.74, 6) is -1.51. The topological polar surface area (TPSA) is 49.4 Å². The van der Waals surface area contributed by atoms with Crippen LogP contribution >= 0.6 is 0 Å². The predicted octanol–water partition coefficient (Wildman–Crippen LogP) is 5.06. The first-order valence-corrected chi connectivity index (χ1v) is 11.3. The zero-order chi connectivity index (χ0) is 24.7. The third kappa shape index (κ3) is 7.24. The van der Waals surface area contributed by atoms with Crippen LogP contribution in [0.3, 0.4) is 0 Å². The highest BCUT2D eigenvalue weighted by molar-refractivity contribution is 5.89. The number of carbonyl (C=O) groups is 2. The summed E-state index contributed by atoms with van der Waals surface area (Å²) >= 11 is 0. The molecule has 0 radical (unpaired) electrons. The number of nitrogens with one attached hydrogen (secondary N) is 1. The van der Waals surface area contributed by atoms with Gasteiger partial charge in [-0.05, 0) is 50.1 Å². The molecule has 0 aromatic heterocycles. The van der Waals surface area contributed by atoms with Gasteiger partial charge in [-0.15, -0.1) is 0 Å². The first-order chi connectivity index (χ1) is 16.1. The van der Waals surface area contributed by atoms with E-state index in [2.05, 4.69) is 5.32 Å². The summed E-state index contributed by atoms with van der Waals surface area (Å²) < 4.78 is 27.9. The summed E-state index contributed by atoms with van der Waals surface area (Å²) in [6.45, 7) is 5.53. The quantitative estimate of drug-likeness (QED) is 0.507. The summed E-state index contributed by atoms with van der Waals surface area (Å²) in [4.78, 5) is 28.4. The molecule has 3 aromatic rings. The fourth-order valence-corrected chi connectivity index (χ4v) is 3.70. The molecule has 3 rings (SSSR count). The zero-order valence-corrected chi connectivity index (χ0v) is 19.7. The van der Waals surface area contributed by atoms with Gasteiger partial charge in [0.1, 0.15) is 17.7 Å². The maximum atomic E-state index is 14.6. The van der Waals surface area contributed by atoms with Gasteiger partial charge in [-0.2, -0.15) is 0 Å². The van der Waals surface area contributed by atoms with E-state index in [4.69, 9.17) is 0 Å². The second-order valence-corrected chi connectivity index (χ2v) is 9.36. The Hall–Kier alpha value is -3.54. The van der Waals surface area contributed by atoms with Crippen molar-refractivity contribution in [1.82, 2.24) is 10.2 Å². The first-order valence-electron chi connectivity index (χ1n) is 11.3. The Morgan fingerprint density at radius 1 is 0.853 bits per heavy atom. The van der Waals surface area contributed by atoms with Gasteiger partial charge in [0.15, 0.2) is 0 Å². The number of benzene rings is 3. The minimum atomic E-state index is -0.867. The summed E-state index contributed by atoms with van der Waals surface area (Å²) in [6.07, 6.45) is 0.231. The highest BCUT2D eigenvalue weighted by atomic mass is 19.1. The third-order valence-electron chi connectivity index (χ3n) is 5.34. The zero-order valence-electron chi connectivity index (χ0n) is 19.7. The molecule has 0 saturated heterocycles. The van der Waals surface area contributed by atoms with Crippen LogP contribution in [0.1, 0.15) is 37.5 Å². The summed E-state index contributed by atoms with van der Waals surface area (Å²) in [5, 5.41) is 2.97. The van der Waals surface area contributed by atoms with Crippen molar-refractivity contribution in [2.24, 2.45) is 0 Å². The summed E-state index contributed by atoms with van der Waals surface area (Å²) in [7, 11) is 0. The molecule has 0 spiro atoms. The molecule has 0 aliphatic carbocycles. The molecule has 1 atom stereocenters. The van der Waals surface area contributed by atoms with E-state index in [-0.39, 0.29) is 31.2 Å². The molecule has 1 N–H and O–H groups in total. The maximum Gasteiger partial charge on any atom is 0.243 e. The molecule has 0 aliphatic rings. The van der Waals surface area contributed by atoms with Gasteiger partial charge in [-0.3, -0.25) is 9.59 Å². The SMILES string of the molecule is CC(C)(C)NC(=O)[C@H](Cc1ccccc1)N(Cc1ccccc1F)C(=O)Cc1ccc(F)cc1. The molecule has 4 nitrogen and oxygen atoms in total. The lowest BCUT2D eigenvalue weighted by Crippen LogP contribution is -2.54. The van der Waals surface area contributed by atoms with E-state index in [1.807, 2.05) is 51.1 Å². The van der Waals surface area contributed by atoms with Crippen LogP contribution in [0.15, 0.2) is 78.9 Å². The lowest BCUT2D eigenvalue weighted by molar-refractivity contribution is -0.141. The van der Waals surface area contributed by atoms with Gasteiger partial charge in [-0.25, -0.2) is 8.78 Å². The molecule has 0 fully saturated rings. The van der Waals surface area contributed by atoms with Crippen LogP contribution < -0.4 is 5.32 Å². The van der Waals surface area contributed by atoms with Crippen molar-refractivity contribution >= 4 is 11.8 Å². The fraction of sp³-hybridized carbons (Fsp3) is 0.286. The van der Waals surface area contributed by atoms with Crippen molar-refractivity contribution in [1.29, 1.82) is 0 Å². The Morgan fingerprint density at radius 2 is 1.47 bits per heavy atom. The number of halogens is 2. The molecule has 0 aliphatic heterocycles. The third-order valence-corrected chi connectivity index (χ3v) is 5.34. The lowest BCUT2D eigenvalue weighted by Gasteiger charge is -2.34. The number of nitrogens with zero attached hydrogens (tertiary/aromatic N) is 1. The summed E-state index contributed by atoms with van der Waals surface area (Å²) in [5.41, 5.74) is 1.29. The van der Waals surface area contributed by atoms with Crippen molar-refractivity contribution in [2.75, 3.05) is 0 Å². The number of amides is 2. The molecule has 0 bridgehead atoms. The molecular weight excluding hydrogens is 434 g/mol. The first kappa shape index (κ1) is 25.1. The minimum Gasteiger partial charge on any atom is -0.350 e. The van der Waals surface area contributed by atoms with Gasteiger partial charge in [0.2, 0.25) is 11.8 Å². The molecule has 2 amide bonds. The monoisotopic (exact) mass is 464 g/mol. The normalized spacial score (nSPS) is 12.1. The molecule has 3 aromatic carbocycles. The van der Waals surface area contributed by atoms with E-state index in [1.165, 1.54) is 35.2 Å². The molecule has 0 saturated carbocycles. The van der Waals surface area contributed by atoms with Crippen molar-refractivity contribution < 1.29 is 18.4 Å². The van der Waals surface area contributed by atoms with Crippen LogP contribution in [0.5, 0.6) is 0 Å². The largest absolute Gasteiger partial charge is 0.350 e. The second-order valence-electron chi connectivity index (χ2n) is 9.36. The number of hydrogen-bond donors (Lipinski definition) is 1. The van der Waals surface area contributed by atoms with Crippen molar-refractivity contribution in [3.05, 3.63) is 107 Å². The van der Waals surface area contributed by atoms with Gasteiger partial charge >= 0.3 is 0 Å². The van der Waals surface area contributed by atoms with Gasteiger partial charge in [0.25, 0.3) is 0 Å². The van der Waals surface area contributed by atoms with Crippen LogP contribution in [0, 0.1) is 11.6 Å². The fourth-order valence-electron chi connectivity index (χ4n) is 3.70. The highest BCUT2D eigenvalue weighted by Gasteiger charge is 2.32. The predicted molar refractivity (Wildman–Crippen MR) is 129 cm³/mol. The van der Waals surface area contributed by atoms with Crippen LogP contribution in [-0.2, 0) is 29.0 Å². The Bertz CT molecular complexity index is 1110. The van der Waals surface area contributed by atoms with Gasteiger partial charge in [-0.1, -0.05) is 60.7 Å². The van der Waals surface area contributed by atoms with E-state index in [0.717, 1.165) is 5.56 Å². The Balaban J connectivity index is 1.99. The van der Waals surface area contributed by atoms with Crippen LogP contribution in [0.25, 0.3) is 0 Å². The van der Waals surface area contributed by atoms with Gasteiger partial charge in [0.05, 0.1) is 6.42 Å². The average Bonchev–Trinajstić information content (AvgIpc) is 2.78. The number of rotatable bonds is 8. The highest BCUT2D eigenvalue weighted by Crippen LogP contribution is 2.19. The van der Waals surface area contributed by atoms with Crippen LogP contribution in [0.2, 0.25) is 0 Å². The van der Waals surface area contributed by atoms with Crippen LogP contribution in [0.4, 0.5) is 8.78 Å². The Kier molecular flexibility index (Phi) is 8.16. The number of hydrogen-bond acceptors (Lipinski definition) is 2. The van der Waals surface area contributed by atoms with Crippen molar-refractivity contribution in [2.45, 2.75) is 51.7 Å². The molecule has 178 valence electrons. The van der Waals surface area contributed by atoms with Crippen LogP contribution in [-0.4, -0.2) is 28.3 Å². The van der Waals surface area contributed by atoms with Crippen molar-refractivity contribution in [3.8, 4) is 0 Å². The lowest BCUT2D eigenvalue weighted by atomic mass is 9.99. The molecule has 6 heteroatoms. The van der Waals surface area contributed by atoms with Crippen molar-refractivity contribution in [3.63, 3.8) is 0 Å². The molecule has 0 unspecified atom stereocenters. The van der Waals surface area contributed by atoms with Gasteiger partial charge < -0.3 is 10.2 Å². The van der Waals surface area contributed by atoms with E-state index < -0.39 is 23.2 Å². The molecular formula is C28H30F2N2O2. The molecule has 34 heavy (non-hydrogen) atoms. The van der Waals surface area contributed by atoms with E-state index in [0.29, 0.717) is 11.1 Å².